The predicted octanol–water partition coefficient (Wildman–Crippen LogP) is 2.02. The number of pyridine rings is 1. The highest BCUT2D eigenvalue weighted by Crippen LogP contribution is 2.37. The van der Waals surface area contributed by atoms with Crippen molar-refractivity contribution in [3.63, 3.8) is 0 Å². The molecule has 0 saturated heterocycles. The molecule has 2 aliphatic heterocycles. The molecule has 0 atom stereocenters. The number of hydrogen-bond acceptors (Lipinski definition) is 5. The zero-order valence-electron chi connectivity index (χ0n) is 13.2. The Balaban J connectivity index is 1.58. The molecule has 0 bridgehead atoms. The van der Waals surface area contributed by atoms with Crippen LogP contribution < -0.4 is 0 Å². The monoisotopic (exact) mass is 326 g/mol. The van der Waals surface area contributed by atoms with Gasteiger partial charge >= 0.3 is 5.97 Å². The van der Waals surface area contributed by atoms with E-state index in [0.29, 0.717) is 50.9 Å². The van der Waals surface area contributed by atoms with Gasteiger partial charge in [0.25, 0.3) is 0 Å². The number of aromatic nitrogens is 1. The Morgan fingerprint density at radius 3 is 2.79 bits per heavy atom. The van der Waals surface area contributed by atoms with Gasteiger partial charge in [-0.15, -0.1) is 12.3 Å². The third-order valence-electron chi connectivity index (χ3n) is 4.42. The first-order chi connectivity index (χ1) is 11.5. The summed E-state index contributed by atoms with van der Waals surface area (Å²) in [5.74, 6) is 1.52. The van der Waals surface area contributed by atoms with Crippen LogP contribution in [0.5, 0.6) is 0 Å². The second-order valence-corrected chi connectivity index (χ2v) is 6.06. The average Bonchev–Trinajstić information content (AvgIpc) is 3.37. The van der Waals surface area contributed by atoms with Crippen molar-refractivity contribution in [1.82, 2.24) is 9.88 Å². The Hall–Kier alpha value is -2.75. The summed E-state index contributed by atoms with van der Waals surface area (Å²) in [5, 5.41) is 17.1. The average molecular weight is 326 g/mol. The molecule has 0 unspecified atom stereocenters. The molecule has 0 fully saturated rings. The molecule has 2 aliphatic rings. The molecule has 3 rings (SSSR count). The summed E-state index contributed by atoms with van der Waals surface area (Å²) in [6.45, 7) is 0.965. The van der Waals surface area contributed by atoms with E-state index in [1.165, 1.54) is 6.07 Å². The Labute approximate surface area is 139 Å². The molecule has 1 N–H and O–H groups in total. The van der Waals surface area contributed by atoms with E-state index in [9.17, 15) is 9.59 Å². The molecule has 0 radical (unpaired) electrons. The lowest BCUT2D eigenvalue weighted by Gasteiger charge is -2.28. The van der Waals surface area contributed by atoms with Crippen LogP contribution in [-0.2, 0) is 17.8 Å². The first kappa shape index (κ1) is 16.1. The van der Waals surface area contributed by atoms with Crippen LogP contribution in [0.4, 0.5) is 0 Å². The Bertz CT molecular complexity index is 745. The van der Waals surface area contributed by atoms with Crippen molar-refractivity contribution >= 4 is 11.9 Å². The van der Waals surface area contributed by atoms with Crippen LogP contribution in [0.1, 0.15) is 47.4 Å². The lowest BCUT2D eigenvalue weighted by molar-refractivity contribution is -0.132. The fraction of sp³-hybridized carbons (Fsp3) is 0.471. The molecule has 1 amide bonds. The molecular weight excluding hydrogens is 308 g/mol. The van der Waals surface area contributed by atoms with Gasteiger partial charge in [-0.05, 0) is 18.1 Å². The fourth-order valence-corrected chi connectivity index (χ4v) is 2.88. The van der Waals surface area contributed by atoms with Crippen LogP contribution in [-0.4, -0.2) is 39.1 Å². The highest BCUT2D eigenvalue weighted by molar-refractivity contribution is 5.85. The standard InChI is InChI=1S/C17H18N4O3/c1-2-3-8-17(19-20-17)9-6-15(22)21-10-7-12-4-5-13(16(23)24)18-14(12)11-21/h1,4-5H,3,6-11H2,(H,23,24). The summed E-state index contributed by atoms with van der Waals surface area (Å²) in [6.07, 6.45) is 8.15. The Morgan fingerprint density at radius 2 is 2.12 bits per heavy atom. The molecule has 7 heteroatoms. The quantitative estimate of drug-likeness (QED) is 0.809. The van der Waals surface area contributed by atoms with Crippen molar-refractivity contribution in [2.24, 2.45) is 10.2 Å². The second-order valence-electron chi connectivity index (χ2n) is 6.06. The highest BCUT2D eigenvalue weighted by Gasteiger charge is 2.39. The largest absolute Gasteiger partial charge is 0.477 e. The van der Waals surface area contributed by atoms with E-state index in [0.717, 1.165) is 5.56 Å². The predicted molar refractivity (Wildman–Crippen MR) is 85.2 cm³/mol. The first-order valence-corrected chi connectivity index (χ1v) is 7.90. The van der Waals surface area contributed by atoms with E-state index >= 15 is 0 Å². The maximum Gasteiger partial charge on any atom is 0.354 e. The molecule has 0 aromatic carbocycles. The molecule has 7 nitrogen and oxygen atoms in total. The van der Waals surface area contributed by atoms with Crippen LogP contribution in [0.2, 0.25) is 0 Å². The van der Waals surface area contributed by atoms with E-state index in [-0.39, 0.29) is 11.6 Å². The van der Waals surface area contributed by atoms with Gasteiger partial charge in [-0.1, -0.05) is 6.07 Å². The first-order valence-electron chi connectivity index (χ1n) is 7.90. The summed E-state index contributed by atoms with van der Waals surface area (Å²) >= 11 is 0. The molecular formula is C17H18N4O3. The number of carboxylic acid groups (broad SMARTS) is 1. The molecule has 0 aliphatic carbocycles. The van der Waals surface area contributed by atoms with Crippen molar-refractivity contribution in [3.05, 3.63) is 29.1 Å². The van der Waals surface area contributed by atoms with Gasteiger partial charge in [-0.25, -0.2) is 9.78 Å². The molecule has 1 aromatic heterocycles. The number of aromatic carboxylic acids is 1. The van der Waals surface area contributed by atoms with Crippen LogP contribution in [0.25, 0.3) is 0 Å². The second kappa shape index (κ2) is 6.40. The van der Waals surface area contributed by atoms with E-state index in [2.05, 4.69) is 21.1 Å². The fourth-order valence-electron chi connectivity index (χ4n) is 2.88. The SMILES string of the molecule is C#CCCC1(CCC(=O)N2CCc3ccc(C(=O)O)nc3C2)N=N1. The lowest BCUT2D eigenvalue weighted by atomic mass is 10.0. The van der Waals surface area contributed by atoms with Gasteiger partial charge in [0.1, 0.15) is 5.69 Å². The van der Waals surface area contributed by atoms with Gasteiger partial charge in [-0.2, -0.15) is 10.2 Å². The maximum atomic E-state index is 12.4. The van der Waals surface area contributed by atoms with Crippen molar-refractivity contribution in [3.8, 4) is 12.3 Å². The zero-order valence-corrected chi connectivity index (χ0v) is 13.2. The number of carbonyl (C=O) groups excluding carboxylic acids is 1. The topological polar surface area (TPSA) is 95.2 Å². The molecule has 0 saturated carbocycles. The summed E-state index contributed by atoms with van der Waals surface area (Å²) < 4.78 is 0. The third-order valence-corrected chi connectivity index (χ3v) is 4.42. The lowest BCUT2D eigenvalue weighted by Crippen LogP contribution is -2.37. The molecule has 3 heterocycles. The van der Waals surface area contributed by atoms with Crippen LogP contribution in [0.15, 0.2) is 22.4 Å². The normalized spacial score (nSPS) is 17.0. The van der Waals surface area contributed by atoms with Gasteiger partial charge in [0.2, 0.25) is 5.91 Å². The van der Waals surface area contributed by atoms with Gasteiger partial charge in [0.05, 0.1) is 12.2 Å². The van der Waals surface area contributed by atoms with E-state index < -0.39 is 11.6 Å². The zero-order chi connectivity index (χ0) is 17.2. The summed E-state index contributed by atoms with van der Waals surface area (Å²) in [7, 11) is 0. The minimum atomic E-state index is -1.06. The third kappa shape index (κ3) is 3.43. The van der Waals surface area contributed by atoms with E-state index in [4.69, 9.17) is 11.5 Å². The minimum absolute atomic E-state index is 0.00636. The van der Waals surface area contributed by atoms with Gasteiger partial charge in [-0.3, -0.25) is 4.79 Å². The molecule has 24 heavy (non-hydrogen) atoms. The number of amides is 1. The van der Waals surface area contributed by atoms with Crippen molar-refractivity contribution < 1.29 is 14.7 Å². The highest BCUT2D eigenvalue weighted by atomic mass is 16.4. The summed E-state index contributed by atoms with van der Waals surface area (Å²) in [6, 6.07) is 3.29. The Morgan fingerprint density at radius 1 is 1.33 bits per heavy atom. The van der Waals surface area contributed by atoms with Crippen LogP contribution >= 0.6 is 0 Å². The van der Waals surface area contributed by atoms with Gasteiger partial charge in [0, 0.05) is 32.2 Å². The van der Waals surface area contributed by atoms with Gasteiger partial charge < -0.3 is 10.0 Å². The van der Waals surface area contributed by atoms with Crippen molar-refractivity contribution in [2.75, 3.05) is 6.54 Å². The number of rotatable bonds is 6. The van der Waals surface area contributed by atoms with E-state index in [1.54, 1.807) is 11.0 Å². The number of fused-ring (bicyclic) bond motifs is 1. The van der Waals surface area contributed by atoms with Crippen LogP contribution in [0.3, 0.4) is 0 Å². The van der Waals surface area contributed by atoms with E-state index in [1.807, 2.05) is 0 Å². The molecule has 124 valence electrons. The summed E-state index contributed by atoms with van der Waals surface area (Å²) in [5.41, 5.74) is 1.22. The van der Waals surface area contributed by atoms with Gasteiger partial charge in [0.15, 0.2) is 5.66 Å². The minimum Gasteiger partial charge on any atom is -0.477 e. The number of carbonyl (C=O) groups is 2. The number of hydrogen-bond donors (Lipinski definition) is 1. The number of carboxylic acids is 1. The number of nitrogens with zero attached hydrogens (tertiary/aromatic N) is 4. The number of terminal acetylenes is 1. The summed E-state index contributed by atoms with van der Waals surface area (Å²) in [4.78, 5) is 29.3. The molecule has 0 spiro atoms. The smallest absolute Gasteiger partial charge is 0.354 e. The molecule has 1 aromatic rings. The van der Waals surface area contributed by atoms with Crippen molar-refractivity contribution in [1.29, 1.82) is 0 Å². The Kier molecular flexibility index (Phi) is 4.30. The maximum absolute atomic E-state index is 12.4. The van der Waals surface area contributed by atoms with Crippen molar-refractivity contribution in [2.45, 2.75) is 44.3 Å². The van der Waals surface area contributed by atoms with Crippen LogP contribution in [0, 0.1) is 12.3 Å².